The summed E-state index contributed by atoms with van der Waals surface area (Å²) in [6.45, 7) is 0. The molecular formula is C19H14ClNO5. The highest BCUT2D eigenvalue weighted by molar-refractivity contribution is 6.30. The van der Waals surface area contributed by atoms with Gasteiger partial charge in [0.2, 0.25) is 0 Å². The van der Waals surface area contributed by atoms with Crippen LogP contribution in [0.4, 0.5) is 0 Å². The van der Waals surface area contributed by atoms with Gasteiger partial charge in [0, 0.05) is 27.7 Å². The Hall–Kier alpha value is -3.12. The quantitative estimate of drug-likeness (QED) is 0.454. The number of aliphatic carboxylic acids is 2. The van der Waals surface area contributed by atoms with Crippen LogP contribution in [0.15, 0.2) is 48.7 Å². The Morgan fingerprint density at radius 3 is 2.27 bits per heavy atom. The highest BCUT2D eigenvalue weighted by atomic mass is 35.5. The Balaban J connectivity index is 2.01. The van der Waals surface area contributed by atoms with Gasteiger partial charge in [-0.05, 0) is 42.3 Å². The average molecular weight is 372 g/mol. The van der Waals surface area contributed by atoms with Crippen LogP contribution in [0, 0.1) is 5.92 Å². The highest BCUT2D eigenvalue weighted by Crippen LogP contribution is 2.26. The molecule has 0 spiro atoms. The maximum Gasteiger partial charge on any atom is 0.318 e. The lowest BCUT2D eigenvalue weighted by Gasteiger charge is -2.07. The maximum atomic E-state index is 12.8. The molecule has 0 radical (unpaired) electrons. The Morgan fingerprint density at radius 2 is 1.65 bits per heavy atom. The third-order valence-electron chi connectivity index (χ3n) is 4.17. The third-order valence-corrected chi connectivity index (χ3v) is 4.42. The third kappa shape index (κ3) is 3.32. The normalized spacial score (nSPS) is 11.0. The van der Waals surface area contributed by atoms with Crippen LogP contribution in [-0.2, 0) is 16.0 Å². The molecule has 0 atom stereocenters. The Labute approximate surface area is 153 Å². The number of aromatic amines is 1. The van der Waals surface area contributed by atoms with Gasteiger partial charge in [-0.1, -0.05) is 23.7 Å². The molecule has 3 aromatic rings. The number of hydrogen-bond donors (Lipinski definition) is 3. The molecule has 0 saturated heterocycles. The van der Waals surface area contributed by atoms with E-state index < -0.39 is 17.9 Å². The molecule has 2 aromatic carbocycles. The molecule has 7 heteroatoms. The molecule has 0 aliphatic heterocycles. The summed E-state index contributed by atoms with van der Waals surface area (Å²) in [6, 6.07) is 11.6. The van der Waals surface area contributed by atoms with Crippen LogP contribution in [0.25, 0.3) is 10.9 Å². The molecule has 1 heterocycles. The molecule has 0 unspecified atom stereocenters. The van der Waals surface area contributed by atoms with Crippen LogP contribution in [0.1, 0.15) is 21.5 Å². The van der Waals surface area contributed by atoms with Gasteiger partial charge in [-0.2, -0.15) is 0 Å². The van der Waals surface area contributed by atoms with Crippen molar-refractivity contribution in [1.29, 1.82) is 0 Å². The Bertz CT molecular complexity index is 992. The molecule has 3 rings (SSSR count). The van der Waals surface area contributed by atoms with Crippen molar-refractivity contribution in [3.8, 4) is 0 Å². The predicted octanol–water partition coefficient (Wildman–Crippen LogP) is 3.38. The van der Waals surface area contributed by atoms with Gasteiger partial charge in [-0.3, -0.25) is 14.4 Å². The summed E-state index contributed by atoms with van der Waals surface area (Å²) < 4.78 is 0. The zero-order chi connectivity index (χ0) is 18.8. The van der Waals surface area contributed by atoms with E-state index in [9.17, 15) is 14.4 Å². The van der Waals surface area contributed by atoms with Crippen LogP contribution >= 0.6 is 11.6 Å². The first kappa shape index (κ1) is 17.7. The van der Waals surface area contributed by atoms with Crippen LogP contribution in [0.3, 0.4) is 0 Å². The van der Waals surface area contributed by atoms with Crippen molar-refractivity contribution in [1.82, 2.24) is 4.98 Å². The van der Waals surface area contributed by atoms with E-state index in [4.69, 9.17) is 21.8 Å². The molecule has 0 aliphatic rings. The van der Waals surface area contributed by atoms with E-state index in [1.54, 1.807) is 48.7 Å². The highest BCUT2D eigenvalue weighted by Gasteiger charge is 2.27. The van der Waals surface area contributed by atoms with Gasteiger partial charge in [0.1, 0.15) is 0 Å². The van der Waals surface area contributed by atoms with Crippen molar-refractivity contribution < 1.29 is 24.6 Å². The number of carboxylic acids is 2. The SMILES string of the molecule is O=C(c1ccc(Cl)cc1)c1cccc2c(CC(C(=O)O)C(=O)O)c[nH]c12. The summed E-state index contributed by atoms with van der Waals surface area (Å²) in [7, 11) is 0. The number of ketones is 1. The lowest BCUT2D eigenvalue weighted by molar-refractivity contribution is -0.154. The number of carbonyl (C=O) groups excluding carboxylic acids is 1. The smallest absolute Gasteiger partial charge is 0.318 e. The van der Waals surface area contributed by atoms with E-state index in [0.717, 1.165) is 0 Å². The van der Waals surface area contributed by atoms with Gasteiger partial charge in [-0.15, -0.1) is 0 Å². The van der Waals surface area contributed by atoms with Crippen molar-refractivity contribution in [2.75, 3.05) is 0 Å². The number of hydrogen-bond acceptors (Lipinski definition) is 3. The van der Waals surface area contributed by atoms with Gasteiger partial charge in [0.15, 0.2) is 11.7 Å². The maximum absolute atomic E-state index is 12.8. The molecule has 0 bridgehead atoms. The van der Waals surface area contributed by atoms with Crippen molar-refractivity contribution in [3.63, 3.8) is 0 Å². The molecule has 3 N–H and O–H groups in total. The van der Waals surface area contributed by atoms with Gasteiger partial charge in [-0.25, -0.2) is 0 Å². The lowest BCUT2D eigenvalue weighted by atomic mass is 9.96. The first-order valence-electron chi connectivity index (χ1n) is 7.73. The minimum atomic E-state index is -1.55. The molecule has 0 saturated carbocycles. The number of para-hydroxylation sites is 1. The van der Waals surface area contributed by atoms with Crippen LogP contribution < -0.4 is 0 Å². The van der Waals surface area contributed by atoms with Gasteiger partial charge < -0.3 is 15.2 Å². The summed E-state index contributed by atoms with van der Waals surface area (Å²) in [4.78, 5) is 38.0. The number of benzene rings is 2. The summed E-state index contributed by atoms with van der Waals surface area (Å²) in [5, 5.41) is 19.3. The molecule has 0 aliphatic carbocycles. The molecule has 132 valence electrons. The van der Waals surface area contributed by atoms with Gasteiger partial charge in [0.05, 0.1) is 5.52 Å². The number of halogens is 1. The predicted molar refractivity (Wildman–Crippen MR) is 95.6 cm³/mol. The Kier molecular flexibility index (Phi) is 4.77. The van der Waals surface area contributed by atoms with E-state index in [1.165, 1.54) is 0 Å². The second-order valence-electron chi connectivity index (χ2n) is 5.81. The van der Waals surface area contributed by atoms with E-state index in [-0.39, 0.29) is 12.2 Å². The number of carbonyl (C=O) groups is 3. The second-order valence-corrected chi connectivity index (χ2v) is 6.25. The van der Waals surface area contributed by atoms with Crippen LogP contribution in [-0.4, -0.2) is 32.9 Å². The fourth-order valence-electron chi connectivity index (χ4n) is 2.83. The van der Waals surface area contributed by atoms with E-state index in [1.807, 2.05) is 0 Å². The summed E-state index contributed by atoms with van der Waals surface area (Å²) in [5.41, 5.74) is 1.95. The topological polar surface area (TPSA) is 107 Å². The molecular weight excluding hydrogens is 358 g/mol. The van der Waals surface area contributed by atoms with Gasteiger partial charge in [0.25, 0.3) is 0 Å². The fourth-order valence-corrected chi connectivity index (χ4v) is 2.95. The largest absolute Gasteiger partial charge is 0.481 e. The number of H-pyrrole nitrogens is 1. The number of carboxylic acid groups (broad SMARTS) is 2. The summed E-state index contributed by atoms with van der Waals surface area (Å²) in [5.74, 6) is -4.57. The van der Waals surface area contributed by atoms with E-state index in [0.29, 0.717) is 32.6 Å². The first-order chi connectivity index (χ1) is 12.4. The van der Waals surface area contributed by atoms with Crippen molar-refractivity contribution in [2.24, 2.45) is 5.92 Å². The molecule has 0 fully saturated rings. The molecule has 6 nitrogen and oxygen atoms in total. The van der Waals surface area contributed by atoms with Crippen molar-refractivity contribution >= 4 is 40.2 Å². The lowest BCUT2D eigenvalue weighted by Crippen LogP contribution is -2.25. The monoisotopic (exact) mass is 371 g/mol. The average Bonchev–Trinajstić information content (AvgIpc) is 3.02. The standard InChI is InChI=1S/C19H14ClNO5/c20-12-6-4-10(5-7-12)17(22)14-3-1-2-13-11(9-21-16(13)14)8-15(18(23)24)19(25)26/h1-7,9,15,21H,8H2,(H,23,24)(H,25,26). The van der Waals surface area contributed by atoms with E-state index >= 15 is 0 Å². The fraction of sp³-hybridized carbons (Fsp3) is 0.105. The van der Waals surface area contributed by atoms with Gasteiger partial charge >= 0.3 is 11.9 Å². The summed E-state index contributed by atoms with van der Waals surface area (Å²) >= 11 is 5.85. The molecule has 26 heavy (non-hydrogen) atoms. The Morgan fingerprint density at radius 1 is 1.00 bits per heavy atom. The zero-order valence-corrected chi connectivity index (χ0v) is 14.2. The second kappa shape index (κ2) is 7.01. The molecule has 1 aromatic heterocycles. The number of aromatic nitrogens is 1. The number of fused-ring (bicyclic) bond motifs is 1. The number of nitrogens with one attached hydrogen (secondary N) is 1. The van der Waals surface area contributed by atoms with Crippen molar-refractivity contribution in [2.45, 2.75) is 6.42 Å². The molecule has 0 amide bonds. The number of rotatable bonds is 6. The minimum absolute atomic E-state index is 0.177. The minimum Gasteiger partial charge on any atom is -0.481 e. The summed E-state index contributed by atoms with van der Waals surface area (Å²) in [6.07, 6.45) is 1.37. The van der Waals surface area contributed by atoms with Crippen LogP contribution in [0.5, 0.6) is 0 Å². The zero-order valence-electron chi connectivity index (χ0n) is 13.4. The van der Waals surface area contributed by atoms with E-state index in [2.05, 4.69) is 4.98 Å². The first-order valence-corrected chi connectivity index (χ1v) is 8.11. The van der Waals surface area contributed by atoms with Crippen molar-refractivity contribution in [3.05, 3.63) is 70.4 Å². The van der Waals surface area contributed by atoms with Crippen LogP contribution in [0.2, 0.25) is 5.02 Å².